The van der Waals surface area contributed by atoms with Crippen LogP contribution < -0.4 is 11.1 Å². The minimum Gasteiger partial charge on any atom is -0.350 e. The van der Waals surface area contributed by atoms with E-state index in [1.54, 1.807) is 0 Å². The van der Waals surface area contributed by atoms with Crippen LogP contribution in [0.2, 0.25) is 0 Å². The largest absolute Gasteiger partial charge is 0.350 e. The molecule has 0 saturated heterocycles. The molecule has 100 valence electrons. The molecule has 4 heteroatoms. The third-order valence-electron chi connectivity index (χ3n) is 2.81. The van der Waals surface area contributed by atoms with Gasteiger partial charge in [0.05, 0.1) is 6.04 Å². The van der Waals surface area contributed by atoms with Crippen molar-refractivity contribution < 1.29 is 4.79 Å². The van der Waals surface area contributed by atoms with Crippen molar-refractivity contribution in [3.05, 3.63) is 34.3 Å². The molecule has 2 atom stereocenters. The molecule has 3 N–H and O–H groups in total. The van der Waals surface area contributed by atoms with Crippen LogP contribution in [0.25, 0.3) is 0 Å². The highest BCUT2D eigenvalue weighted by Crippen LogP contribution is 2.22. The lowest BCUT2D eigenvalue weighted by Crippen LogP contribution is -2.27. The van der Waals surface area contributed by atoms with E-state index in [0.717, 1.165) is 22.9 Å². The summed E-state index contributed by atoms with van der Waals surface area (Å²) in [5.74, 6) is 0.0823. The first kappa shape index (κ1) is 15.2. The molecular formula is C14H21BrN2O. The van der Waals surface area contributed by atoms with E-state index in [2.05, 4.69) is 21.2 Å². The molecule has 1 aromatic carbocycles. The Kier molecular flexibility index (Phi) is 6.36. The maximum Gasteiger partial charge on any atom is 0.220 e. The molecule has 0 saturated carbocycles. The lowest BCUT2D eigenvalue weighted by atomic mass is 10.1. The molecule has 0 fully saturated rings. The van der Waals surface area contributed by atoms with Gasteiger partial charge in [-0.1, -0.05) is 34.1 Å². The number of rotatable bonds is 6. The van der Waals surface area contributed by atoms with Crippen molar-refractivity contribution in [2.45, 2.75) is 45.2 Å². The number of carbonyl (C=O) groups excluding carboxylic acids is 1. The summed E-state index contributed by atoms with van der Waals surface area (Å²) >= 11 is 3.49. The van der Waals surface area contributed by atoms with Gasteiger partial charge >= 0.3 is 0 Å². The molecule has 18 heavy (non-hydrogen) atoms. The van der Waals surface area contributed by atoms with E-state index >= 15 is 0 Å². The van der Waals surface area contributed by atoms with Crippen LogP contribution in [-0.4, -0.2) is 11.9 Å². The quantitative estimate of drug-likeness (QED) is 0.847. The van der Waals surface area contributed by atoms with Crippen LogP contribution in [0.1, 0.15) is 44.7 Å². The summed E-state index contributed by atoms with van der Waals surface area (Å²) in [6, 6.07) is 8.11. The number of nitrogens with two attached hydrogens (primary N) is 1. The second-order valence-corrected chi connectivity index (χ2v) is 5.53. The SMILES string of the molecule is CC(N)CCCC(=O)N[C@@H](C)c1ccccc1Br. The summed E-state index contributed by atoms with van der Waals surface area (Å²) in [7, 11) is 0. The molecule has 1 unspecified atom stereocenters. The molecule has 0 spiro atoms. The smallest absolute Gasteiger partial charge is 0.220 e. The van der Waals surface area contributed by atoms with E-state index < -0.39 is 0 Å². The first-order valence-corrected chi connectivity index (χ1v) is 7.09. The van der Waals surface area contributed by atoms with Gasteiger partial charge in [-0.3, -0.25) is 4.79 Å². The molecule has 3 nitrogen and oxygen atoms in total. The molecule has 0 aliphatic rings. The van der Waals surface area contributed by atoms with E-state index in [1.807, 2.05) is 38.1 Å². The topological polar surface area (TPSA) is 55.1 Å². The molecule has 0 aliphatic heterocycles. The summed E-state index contributed by atoms with van der Waals surface area (Å²) in [5, 5.41) is 3.00. The Balaban J connectivity index is 2.42. The fourth-order valence-electron chi connectivity index (χ4n) is 1.80. The number of amides is 1. The predicted octanol–water partition coefficient (Wildman–Crippen LogP) is 3.14. The van der Waals surface area contributed by atoms with Gasteiger partial charge in [0.1, 0.15) is 0 Å². The van der Waals surface area contributed by atoms with Gasteiger partial charge in [0, 0.05) is 16.9 Å². The maximum absolute atomic E-state index is 11.8. The van der Waals surface area contributed by atoms with Crippen LogP contribution >= 0.6 is 15.9 Å². The zero-order chi connectivity index (χ0) is 13.5. The zero-order valence-corrected chi connectivity index (χ0v) is 12.5. The number of carbonyl (C=O) groups is 1. The van der Waals surface area contributed by atoms with Crippen LogP contribution in [0.5, 0.6) is 0 Å². The second-order valence-electron chi connectivity index (χ2n) is 4.68. The Morgan fingerprint density at radius 1 is 1.39 bits per heavy atom. The fraction of sp³-hybridized carbons (Fsp3) is 0.500. The number of nitrogens with one attached hydrogen (secondary N) is 1. The van der Waals surface area contributed by atoms with Crippen LogP contribution in [-0.2, 0) is 4.79 Å². The summed E-state index contributed by atoms with van der Waals surface area (Å²) in [6.07, 6.45) is 2.26. The van der Waals surface area contributed by atoms with Crippen molar-refractivity contribution in [2.24, 2.45) is 5.73 Å². The Labute approximate surface area is 117 Å². The van der Waals surface area contributed by atoms with Crippen LogP contribution in [0.4, 0.5) is 0 Å². The third kappa shape index (κ3) is 5.19. The standard InChI is InChI=1S/C14H21BrN2O/c1-10(16)6-5-9-14(18)17-11(2)12-7-3-4-8-13(12)15/h3-4,7-8,10-11H,5-6,9,16H2,1-2H3,(H,17,18)/t10?,11-/m0/s1. The van der Waals surface area contributed by atoms with E-state index in [9.17, 15) is 4.79 Å². The van der Waals surface area contributed by atoms with Crippen molar-refractivity contribution in [3.8, 4) is 0 Å². The van der Waals surface area contributed by atoms with Crippen LogP contribution in [0.3, 0.4) is 0 Å². The van der Waals surface area contributed by atoms with Crippen LogP contribution in [0.15, 0.2) is 28.7 Å². The monoisotopic (exact) mass is 312 g/mol. The second kappa shape index (κ2) is 7.54. The zero-order valence-electron chi connectivity index (χ0n) is 10.9. The maximum atomic E-state index is 11.8. The van der Waals surface area contributed by atoms with Gasteiger partial charge < -0.3 is 11.1 Å². The van der Waals surface area contributed by atoms with E-state index in [-0.39, 0.29) is 18.0 Å². The molecular weight excluding hydrogens is 292 g/mol. The Bertz CT molecular complexity index is 393. The van der Waals surface area contributed by atoms with Gasteiger partial charge in [0.2, 0.25) is 5.91 Å². The van der Waals surface area contributed by atoms with Crippen LogP contribution in [0, 0.1) is 0 Å². The first-order valence-electron chi connectivity index (χ1n) is 6.30. The van der Waals surface area contributed by atoms with Gasteiger partial charge in [-0.25, -0.2) is 0 Å². The minimum absolute atomic E-state index is 0.0170. The highest BCUT2D eigenvalue weighted by atomic mass is 79.9. The molecule has 1 aromatic rings. The predicted molar refractivity (Wildman–Crippen MR) is 78.2 cm³/mol. The highest BCUT2D eigenvalue weighted by molar-refractivity contribution is 9.10. The molecule has 0 bridgehead atoms. The van der Waals surface area contributed by atoms with Crippen molar-refractivity contribution in [3.63, 3.8) is 0 Å². The van der Waals surface area contributed by atoms with Gasteiger partial charge in [0.25, 0.3) is 0 Å². The number of halogens is 1. The average Bonchev–Trinajstić information content (AvgIpc) is 2.28. The molecule has 0 aromatic heterocycles. The van der Waals surface area contributed by atoms with Gasteiger partial charge in [-0.2, -0.15) is 0 Å². The summed E-state index contributed by atoms with van der Waals surface area (Å²) in [6.45, 7) is 3.95. The van der Waals surface area contributed by atoms with Crippen molar-refractivity contribution in [1.82, 2.24) is 5.32 Å². The number of benzene rings is 1. The Morgan fingerprint density at radius 3 is 2.67 bits per heavy atom. The number of hydrogen-bond donors (Lipinski definition) is 2. The first-order chi connectivity index (χ1) is 8.50. The molecule has 1 amide bonds. The average molecular weight is 313 g/mol. The highest BCUT2D eigenvalue weighted by Gasteiger charge is 2.11. The lowest BCUT2D eigenvalue weighted by Gasteiger charge is -2.16. The van der Waals surface area contributed by atoms with Crippen molar-refractivity contribution in [1.29, 1.82) is 0 Å². The fourth-order valence-corrected chi connectivity index (χ4v) is 2.43. The Morgan fingerprint density at radius 2 is 2.06 bits per heavy atom. The van der Waals surface area contributed by atoms with E-state index in [1.165, 1.54) is 0 Å². The summed E-state index contributed by atoms with van der Waals surface area (Å²) < 4.78 is 1.02. The molecule has 1 rings (SSSR count). The molecule has 0 heterocycles. The normalized spacial score (nSPS) is 14.0. The van der Waals surface area contributed by atoms with Crippen molar-refractivity contribution >= 4 is 21.8 Å². The van der Waals surface area contributed by atoms with E-state index in [0.29, 0.717) is 6.42 Å². The minimum atomic E-state index is 0.0170. The summed E-state index contributed by atoms with van der Waals surface area (Å²) in [5.41, 5.74) is 6.75. The third-order valence-corrected chi connectivity index (χ3v) is 3.53. The van der Waals surface area contributed by atoms with Gasteiger partial charge in [-0.05, 0) is 38.3 Å². The lowest BCUT2D eigenvalue weighted by molar-refractivity contribution is -0.121. The number of hydrogen-bond acceptors (Lipinski definition) is 2. The Hall–Kier alpha value is -0.870. The van der Waals surface area contributed by atoms with E-state index in [4.69, 9.17) is 5.73 Å². The van der Waals surface area contributed by atoms with Gasteiger partial charge in [0.15, 0.2) is 0 Å². The molecule has 0 aliphatic carbocycles. The summed E-state index contributed by atoms with van der Waals surface area (Å²) in [4.78, 5) is 11.8. The van der Waals surface area contributed by atoms with Gasteiger partial charge in [-0.15, -0.1) is 0 Å². The molecule has 0 radical (unpaired) electrons. The van der Waals surface area contributed by atoms with Crippen molar-refractivity contribution in [2.75, 3.05) is 0 Å².